The Morgan fingerprint density at radius 2 is 2.11 bits per heavy atom. The molecule has 19 heavy (non-hydrogen) atoms. The van der Waals surface area contributed by atoms with Crippen LogP contribution in [0.2, 0.25) is 0 Å². The third-order valence-electron chi connectivity index (χ3n) is 2.76. The van der Waals surface area contributed by atoms with Crippen molar-refractivity contribution in [2.24, 2.45) is 5.73 Å². The summed E-state index contributed by atoms with van der Waals surface area (Å²) in [6.45, 7) is 0.538. The summed E-state index contributed by atoms with van der Waals surface area (Å²) >= 11 is 1.58. The Labute approximate surface area is 115 Å². The van der Waals surface area contributed by atoms with Crippen LogP contribution in [0.1, 0.15) is 5.56 Å². The molecule has 0 radical (unpaired) electrons. The Balaban J connectivity index is 1.97. The van der Waals surface area contributed by atoms with Gasteiger partial charge in [0.2, 0.25) is 0 Å². The van der Waals surface area contributed by atoms with Crippen molar-refractivity contribution < 1.29 is 0 Å². The molecule has 0 aliphatic heterocycles. The van der Waals surface area contributed by atoms with Gasteiger partial charge in [0.15, 0.2) is 0 Å². The maximum Gasteiger partial charge on any atom is 0.142 e. The first-order valence-electron chi connectivity index (χ1n) is 5.88. The summed E-state index contributed by atoms with van der Waals surface area (Å²) in [6, 6.07) is 9.98. The van der Waals surface area contributed by atoms with E-state index in [4.69, 9.17) is 5.73 Å². The molecule has 0 aliphatic rings. The van der Waals surface area contributed by atoms with E-state index in [0.29, 0.717) is 6.54 Å². The maximum absolute atomic E-state index is 5.66. The van der Waals surface area contributed by atoms with Crippen LogP contribution in [0, 0.1) is 0 Å². The first-order valence-corrected chi connectivity index (χ1v) is 6.76. The molecular weight excluding hydrogens is 256 g/mol. The lowest BCUT2D eigenvalue weighted by atomic mass is 10.1. The van der Waals surface area contributed by atoms with Gasteiger partial charge >= 0.3 is 0 Å². The number of thiazole rings is 1. The molecule has 0 aliphatic carbocycles. The molecule has 0 saturated carbocycles. The lowest BCUT2D eigenvalue weighted by Gasteiger charge is -2.00. The van der Waals surface area contributed by atoms with Crippen LogP contribution in [0.5, 0.6) is 0 Å². The highest BCUT2D eigenvalue weighted by atomic mass is 32.1. The van der Waals surface area contributed by atoms with Crippen molar-refractivity contribution in [3.8, 4) is 22.0 Å². The normalized spacial score (nSPS) is 10.6. The fourth-order valence-corrected chi connectivity index (χ4v) is 2.60. The second-order valence-corrected chi connectivity index (χ2v) is 4.90. The molecule has 0 amide bonds. The lowest BCUT2D eigenvalue weighted by Crippen LogP contribution is -1.95. The topological polar surface area (TPSA) is 64.7 Å². The number of hydrogen-bond donors (Lipinski definition) is 1. The van der Waals surface area contributed by atoms with Crippen LogP contribution in [-0.2, 0) is 6.54 Å². The van der Waals surface area contributed by atoms with Crippen molar-refractivity contribution in [2.45, 2.75) is 6.54 Å². The van der Waals surface area contributed by atoms with Gasteiger partial charge in [0, 0.05) is 23.7 Å². The van der Waals surface area contributed by atoms with E-state index in [9.17, 15) is 0 Å². The van der Waals surface area contributed by atoms with Crippen LogP contribution < -0.4 is 5.73 Å². The number of rotatable bonds is 3. The third-order valence-corrected chi connectivity index (χ3v) is 3.63. The highest BCUT2D eigenvalue weighted by Gasteiger charge is 2.07. The van der Waals surface area contributed by atoms with E-state index < -0.39 is 0 Å². The molecule has 3 rings (SSSR count). The molecular formula is C14H12N4S. The number of hydrogen-bond acceptors (Lipinski definition) is 5. The predicted octanol–water partition coefficient (Wildman–Crippen LogP) is 2.73. The zero-order valence-electron chi connectivity index (χ0n) is 10.2. The van der Waals surface area contributed by atoms with Crippen molar-refractivity contribution in [3.63, 3.8) is 0 Å². The molecule has 94 valence electrons. The van der Waals surface area contributed by atoms with Gasteiger partial charge in [-0.15, -0.1) is 11.3 Å². The Morgan fingerprint density at radius 1 is 1.16 bits per heavy atom. The van der Waals surface area contributed by atoms with Crippen molar-refractivity contribution >= 4 is 11.3 Å². The number of nitrogens with zero attached hydrogens (tertiary/aromatic N) is 3. The zero-order valence-corrected chi connectivity index (χ0v) is 11.0. The van der Waals surface area contributed by atoms with Crippen LogP contribution in [0.15, 0.2) is 48.2 Å². The van der Waals surface area contributed by atoms with Crippen LogP contribution >= 0.6 is 11.3 Å². The fourth-order valence-electron chi connectivity index (χ4n) is 1.80. The van der Waals surface area contributed by atoms with E-state index in [-0.39, 0.29) is 0 Å². The van der Waals surface area contributed by atoms with Gasteiger partial charge in [-0.2, -0.15) is 0 Å². The summed E-state index contributed by atoms with van der Waals surface area (Å²) in [5.41, 5.74) is 9.65. The van der Waals surface area contributed by atoms with E-state index in [1.165, 1.54) is 6.33 Å². The molecule has 2 N–H and O–H groups in total. The van der Waals surface area contributed by atoms with Crippen molar-refractivity contribution in [3.05, 3.63) is 53.8 Å². The van der Waals surface area contributed by atoms with Crippen molar-refractivity contribution in [1.82, 2.24) is 15.0 Å². The summed E-state index contributed by atoms with van der Waals surface area (Å²) in [7, 11) is 0. The maximum atomic E-state index is 5.66. The highest BCUT2D eigenvalue weighted by molar-refractivity contribution is 7.13. The van der Waals surface area contributed by atoms with Crippen LogP contribution in [0.25, 0.3) is 22.0 Å². The Hall–Kier alpha value is -2.11. The van der Waals surface area contributed by atoms with E-state index in [1.807, 2.05) is 29.6 Å². The first-order chi connectivity index (χ1) is 9.36. The molecule has 0 spiro atoms. The monoisotopic (exact) mass is 268 g/mol. The standard InChI is InChI=1S/C14H12N4S/c15-7-10-2-1-3-11(6-10)13-8-19-14(18-13)12-4-5-16-9-17-12/h1-6,8-9H,7,15H2. The average molecular weight is 268 g/mol. The largest absolute Gasteiger partial charge is 0.326 e. The van der Waals surface area contributed by atoms with Crippen LogP contribution in [-0.4, -0.2) is 15.0 Å². The molecule has 2 heterocycles. The molecule has 4 nitrogen and oxygen atoms in total. The summed E-state index contributed by atoms with van der Waals surface area (Å²) in [4.78, 5) is 12.7. The Morgan fingerprint density at radius 3 is 2.89 bits per heavy atom. The quantitative estimate of drug-likeness (QED) is 0.793. The van der Waals surface area contributed by atoms with E-state index in [1.54, 1.807) is 17.5 Å². The minimum absolute atomic E-state index is 0.538. The minimum atomic E-state index is 0.538. The van der Waals surface area contributed by atoms with Gasteiger partial charge in [-0.1, -0.05) is 18.2 Å². The zero-order chi connectivity index (χ0) is 13.1. The molecule has 0 saturated heterocycles. The van der Waals surface area contributed by atoms with Gasteiger partial charge in [0.05, 0.1) is 5.69 Å². The van der Waals surface area contributed by atoms with Crippen LogP contribution in [0.3, 0.4) is 0 Å². The van der Waals surface area contributed by atoms with E-state index >= 15 is 0 Å². The average Bonchev–Trinajstić information content (AvgIpc) is 2.98. The molecule has 0 atom stereocenters. The molecule has 2 aromatic heterocycles. The summed E-state index contributed by atoms with van der Waals surface area (Å²) in [5, 5.41) is 2.93. The van der Waals surface area contributed by atoms with Gasteiger partial charge < -0.3 is 5.73 Å². The molecule has 1 aromatic carbocycles. The second kappa shape index (κ2) is 5.26. The van der Waals surface area contributed by atoms with E-state index in [2.05, 4.69) is 21.0 Å². The Bertz CT molecular complexity index is 679. The molecule has 0 unspecified atom stereocenters. The van der Waals surface area contributed by atoms with Gasteiger partial charge in [0.25, 0.3) is 0 Å². The fraction of sp³-hybridized carbons (Fsp3) is 0.0714. The Kier molecular flexibility index (Phi) is 3.31. The molecule has 3 aromatic rings. The molecule has 0 bridgehead atoms. The van der Waals surface area contributed by atoms with Crippen molar-refractivity contribution in [2.75, 3.05) is 0 Å². The lowest BCUT2D eigenvalue weighted by molar-refractivity contribution is 1.07. The first kappa shape index (κ1) is 12.0. The number of nitrogens with two attached hydrogens (primary N) is 1. The van der Waals surface area contributed by atoms with Gasteiger partial charge in [-0.25, -0.2) is 15.0 Å². The SMILES string of the molecule is NCc1cccc(-c2csc(-c3ccncn3)n2)c1. The van der Waals surface area contributed by atoms with Crippen molar-refractivity contribution in [1.29, 1.82) is 0 Å². The second-order valence-electron chi connectivity index (χ2n) is 4.04. The minimum Gasteiger partial charge on any atom is -0.326 e. The molecule has 5 heteroatoms. The van der Waals surface area contributed by atoms with Gasteiger partial charge in [-0.3, -0.25) is 0 Å². The molecule has 0 fully saturated rings. The van der Waals surface area contributed by atoms with Gasteiger partial charge in [-0.05, 0) is 17.7 Å². The van der Waals surface area contributed by atoms with Gasteiger partial charge in [0.1, 0.15) is 17.0 Å². The predicted molar refractivity (Wildman–Crippen MR) is 76.5 cm³/mol. The number of aromatic nitrogens is 3. The summed E-state index contributed by atoms with van der Waals surface area (Å²) < 4.78 is 0. The third kappa shape index (κ3) is 2.52. The number of benzene rings is 1. The smallest absolute Gasteiger partial charge is 0.142 e. The highest BCUT2D eigenvalue weighted by Crippen LogP contribution is 2.27. The van der Waals surface area contributed by atoms with Crippen LogP contribution in [0.4, 0.5) is 0 Å². The van der Waals surface area contributed by atoms with E-state index in [0.717, 1.165) is 27.5 Å². The summed E-state index contributed by atoms with van der Waals surface area (Å²) in [5.74, 6) is 0. The summed E-state index contributed by atoms with van der Waals surface area (Å²) in [6.07, 6.45) is 3.25.